The highest BCUT2D eigenvalue weighted by Gasteiger charge is 1.95. The van der Waals surface area contributed by atoms with Gasteiger partial charge in [0.25, 0.3) is 0 Å². The second-order valence-electron chi connectivity index (χ2n) is 2.23. The van der Waals surface area contributed by atoms with Crippen molar-refractivity contribution in [3.8, 4) is 0 Å². The van der Waals surface area contributed by atoms with Crippen LogP contribution in [0.2, 0.25) is 0 Å². The van der Waals surface area contributed by atoms with E-state index in [9.17, 15) is 4.39 Å². The lowest BCUT2D eigenvalue weighted by molar-refractivity contribution is 0.627. The van der Waals surface area contributed by atoms with Crippen LogP contribution in [0.15, 0.2) is 35.8 Å². The SMILES string of the molecule is C=C(N=CN)c1ccc(F)cc1. The van der Waals surface area contributed by atoms with Crippen molar-refractivity contribution >= 4 is 12.0 Å². The van der Waals surface area contributed by atoms with Gasteiger partial charge in [-0.25, -0.2) is 9.38 Å². The summed E-state index contributed by atoms with van der Waals surface area (Å²) >= 11 is 0. The standard InChI is InChI=1S/C9H9FN2/c1-7(12-6-11)8-2-4-9(10)5-3-8/h2-6H,1H2,(H2,11,12). The molecule has 1 rings (SSSR count). The summed E-state index contributed by atoms with van der Waals surface area (Å²) in [6, 6.07) is 5.91. The first-order valence-electron chi connectivity index (χ1n) is 3.43. The van der Waals surface area contributed by atoms with Gasteiger partial charge < -0.3 is 5.73 Å². The van der Waals surface area contributed by atoms with Crippen LogP contribution in [0.3, 0.4) is 0 Å². The number of benzene rings is 1. The molecule has 0 aliphatic rings. The Morgan fingerprint density at radius 2 is 2.00 bits per heavy atom. The Hall–Kier alpha value is -1.64. The molecular weight excluding hydrogens is 155 g/mol. The molecule has 3 heteroatoms. The van der Waals surface area contributed by atoms with Crippen molar-refractivity contribution < 1.29 is 4.39 Å². The van der Waals surface area contributed by atoms with E-state index < -0.39 is 0 Å². The van der Waals surface area contributed by atoms with Crippen molar-refractivity contribution in [1.29, 1.82) is 0 Å². The second kappa shape index (κ2) is 3.67. The molecule has 0 heterocycles. The maximum atomic E-state index is 12.4. The number of aliphatic imine (C=N–C) groups is 1. The predicted molar refractivity (Wildman–Crippen MR) is 48.1 cm³/mol. The maximum Gasteiger partial charge on any atom is 0.123 e. The van der Waals surface area contributed by atoms with E-state index >= 15 is 0 Å². The van der Waals surface area contributed by atoms with Crippen molar-refractivity contribution in [3.63, 3.8) is 0 Å². The monoisotopic (exact) mass is 164 g/mol. The molecule has 2 nitrogen and oxygen atoms in total. The van der Waals surface area contributed by atoms with Crippen molar-refractivity contribution in [2.24, 2.45) is 10.7 Å². The molecule has 0 spiro atoms. The van der Waals surface area contributed by atoms with Gasteiger partial charge in [0.1, 0.15) is 5.82 Å². The van der Waals surface area contributed by atoms with Gasteiger partial charge in [0, 0.05) is 0 Å². The molecule has 0 bridgehead atoms. The van der Waals surface area contributed by atoms with Crippen LogP contribution in [-0.4, -0.2) is 6.34 Å². The Kier molecular flexibility index (Phi) is 2.58. The van der Waals surface area contributed by atoms with E-state index in [1.165, 1.54) is 12.1 Å². The third-order valence-corrected chi connectivity index (χ3v) is 1.41. The van der Waals surface area contributed by atoms with Crippen LogP contribution >= 0.6 is 0 Å². The normalized spacial score (nSPS) is 10.4. The van der Waals surface area contributed by atoms with E-state index in [1.807, 2.05) is 0 Å². The van der Waals surface area contributed by atoms with Gasteiger partial charge in [0.05, 0.1) is 12.0 Å². The third kappa shape index (κ3) is 1.92. The van der Waals surface area contributed by atoms with Crippen molar-refractivity contribution in [2.75, 3.05) is 0 Å². The molecule has 12 heavy (non-hydrogen) atoms. The van der Waals surface area contributed by atoms with Crippen molar-refractivity contribution in [3.05, 3.63) is 42.2 Å². The Bertz CT molecular complexity index is 301. The summed E-state index contributed by atoms with van der Waals surface area (Å²) in [5, 5.41) is 0. The smallest absolute Gasteiger partial charge is 0.123 e. The van der Waals surface area contributed by atoms with Gasteiger partial charge in [0.2, 0.25) is 0 Å². The van der Waals surface area contributed by atoms with Crippen molar-refractivity contribution in [1.82, 2.24) is 0 Å². The molecule has 0 radical (unpaired) electrons. The van der Waals surface area contributed by atoms with Crippen LogP contribution in [0.4, 0.5) is 4.39 Å². The van der Waals surface area contributed by atoms with Gasteiger partial charge >= 0.3 is 0 Å². The molecule has 0 amide bonds. The van der Waals surface area contributed by atoms with E-state index in [0.29, 0.717) is 5.70 Å². The van der Waals surface area contributed by atoms with E-state index in [2.05, 4.69) is 11.6 Å². The van der Waals surface area contributed by atoms with Crippen LogP contribution in [0.5, 0.6) is 0 Å². The van der Waals surface area contributed by atoms with Gasteiger partial charge in [-0.15, -0.1) is 0 Å². The van der Waals surface area contributed by atoms with E-state index in [-0.39, 0.29) is 5.82 Å². The van der Waals surface area contributed by atoms with Gasteiger partial charge in [-0.05, 0) is 29.8 Å². The highest BCUT2D eigenvalue weighted by molar-refractivity contribution is 5.70. The number of nitrogens with zero attached hydrogens (tertiary/aromatic N) is 1. The molecule has 0 saturated heterocycles. The highest BCUT2D eigenvalue weighted by atomic mass is 19.1. The lowest BCUT2D eigenvalue weighted by Gasteiger charge is -1.97. The summed E-state index contributed by atoms with van der Waals surface area (Å²) in [6.45, 7) is 3.64. The Morgan fingerprint density at radius 1 is 1.42 bits per heavy atom. The van der Waals surface area contributed by atoms with E-state index in [4.69, 9.17) is 5.73 Å². The summed E-state index contributed by atoms with van der Waals surface area (Å²) in [4.78, 5) is 3.76. The first-order valence-corrected chi connectivity index (χ1v) is 3.43. The van der Waals surface area contributed by atoms with Crippen LogP contribution in [0.1, 0.15) is 5.56 Å². The lowest BCUT2D eigenvalue weighted by atomic mass is 10.2. The molecule has 0 aliphatic heterocycles. The van der Waals surface area contributed by atoms with Crippen LogP contribution in [0.25, 0.3) is 5.70 Å². The quantitative estimate of drug-likeness (QED) is 0.525. The van der Waals surface area contributed by atoms with Gasteiger partial charge in [-0.1, -0.05) is 6.58 Å². The molecule has 1 aromatic carbocycles. The first-order chi connectivity index (χ1) is 5.74. The predicted octanol–water partition coefficient (Wildman–Crippen LogP) is 1.78. The molecule has 0 atom stereocenters. The summed E-state index contributed by atoms with van der Waals surface area (Å²) in [7, 11) is 0. The van der Waals surface area contributed by atoms with Crippen LogP contribution in [-0.2, 0) is 0 Å². The second-order valence-corrected chi connectivity index (χ2v) is 2.23. The molecule has 1 aromatic rings. The Labute approximate surface area is 70.2 Å². The van der Waals surface area contributed by atoms with Crippen LogP contribution in [0, 0.1) is 5.82 Å². The minimum atomic E-state index is -0.275. The number of hydrogen-bond acceptors (Lipinski definition) is 1. The summed E-state index contributed by atoms with van der Waals surface area (Å²) in [5.74, 6) is -0.275. The molecule has 62 valence electrons. The molecule has 2 N–H and O–H groups in total. The van der Waals surface area contributed by atoms with Crippen molar-refractivity contribution in [2.45, 2.75) is 0 Å². The zero-order valence-electron chi connectivity index (χ0n) is 6.50. The first kappa shape index (κ1) is 8.46. The van der Waals surface area contributed by atoms with Crippen LogP contribution < -0.4 is 5.73 Å². The van der Waals surface area contributed by atoms with E-state index in [0.717, 1.165) is 11.9 Å². The number of nitrogens with two attached hydrogens (primary N) is 1. The molecule has 0 unspecified atom stereocenters. The summed E-state index contributed by atoms with van der Waals surface area (Å²) in [6.07, 6.45) is 1.16. The van der Waals surface area contributed by atoms with Gasteiger partial charge in [0.15, 0.2) is 0 Å². The fraction of sp³-hybridized carbons (Fsp3) is 0. The molecule has 0 saturated carbocycles. The largest absolute Gasteiger partial charge is 0.390 e. The molecule has 0 fully saturated rings. The Morgan fingerprint density at radius 3 is 2.50 bits per heavy atom. The fourth-order valence-electron chi connectivity index (χ4n) is 0.807. The maximum absolute atomic E-state index is 12.4. The number of halogens is 1. The highest BCUT2D eigenvalue weighted by Crippen LogP contribution is 2.12. The zero-order chi connectivity index (χ0) is 8.97. The number of hydrogen-bond donors (Lipinski definition) is 1. The zero-order valence-corrected chi connectivity index (χ0v) is 6.50. The topological polar surface area (TPSA) is 38.4 Å². The minimum absolute atomic E-state index is 0.275. The van der Waals surface area contributed by atoms with Gasteiger partial charge in [-0.2, -0.15) is 0 Å². The molecule has 0 aromatic heterocycles. The fourth-order valence-corrected chi connectivity index (χ4v) is 0.807. The lowest BCUT2D eigenvalue weighted by Crippen LogP contribution is -1.89. The molecule has 0 aliphatic carbocycles. The summed E-state index contributed by atoms with van der Waals surface area (Å²) in [5.41, 5.74) is 6.36. The minimum Gasteiger partial charge on any atom is -0.390 e. The third-order valence-electron chi connectivity index (χ3n) is 1.41. The Balaban J connectivity index is 2.90. The van der Waals surface area contributed by atoms with E-state index in [1.54, 1.807) is 12.1 Å². The average molecular weight is 164 g/mol. The molecular formula is C9H9FN2. The summed E-state index contributed by atoms with van der Waals surface area (Å²) < 4.78 is 12.4. The number of rotatable bonds is 2. The average Bonchev–Trinajstić information content (AvgIpc) is 2.06. The van der Waals surface area contributed by atoms with Gasteiger partial charge in [-0.3, -0.25) is 0 Å².